The molecular formula is C24H30N2O6S. The first kappa shape index (κ1) is 23.4. The molecule has 2 aromatic rings. The summed E-state index contributed by atoms with van der Waals surface area (Å²) in [5.41, 5.74) is 0.0466. The van der Waals surface area contributed by atoms with Gasteiger partial charge in [-0.15, -0.1) is 0 Å². The van der Waals surface area contributed by atoms with Crippen molar-refractivity contribution in [3.63, 3.8) is 0 Å². The number of anilines is 1. The van der Waals surface area contributed by atoms with E-state index in [0.29, 0.717) is 35.7 Å². The van der Waals surface area contributed by atoms with Crippen LogP contribution in [0.25, 0.3) is 0 Å². The fourth-order valence-corrected chi connectivity index (χ4v) is 5.68. The quantitative estimate of drug-likeness (QED) is 0.715. The van der Waals surface area contributed by atoms with E-state index in [1.165, 1.54) is 23.5 Å². The second-order valence-electron chi connectivity index (χ2n) is 9.01. The monoisotopic (exact) mass is 474 g/mol. The minimum atomic E-state index is -3.91. The number of carbonyl (C=O) groups excluding carboxylic acids is 1. The molecule has 2 aliphatic heterocycles. The summed E-state index contributed by atoms with van der Waals surface area (Å²) in [6, 6.07) is 10.7. The van der Waals surface area contributed by atoms with Crippen LogP contribution in [-0.2, 0) is 14.8 Å². The number of hydrogen-bond donors (Lipinski definition) is 1. The average Bonchev–Trinajstić information content (AvgIpc) is 2.80. The Morgan fingerprint density at radius 1 is 1.15 bits per heavy atom. The number of ether oxygens (including phenoxy) is 2. The normalized spacial score (nSPS) is 22.3. The second kappa shape index (κ2) is 8.53. The Morgan fingerprint density at radius 3 is 2.48 bits per heavy atom. The van der Waals surface area contributed by atoms with Gasteiger partial charge in [0.05, 0.1) is 23.7 Å². The number of carbonyl (C=O) groups is 1. The van der Waals surface area contributed by atoms with Gasteiger partial charge in [-0.2, -0.15) is 0 Å². The van der Waals surface area contributed by atoms with Crippen LogP contribution < -0.4 is 13.8 Å². The Morgan fingerprint density at radius 2 is 1.85 bits per heavy atom. The van der Waals surface area contributed by atoms with Gasteiger partial charge < -0.3 is 19.5 Å². The minimum Gasteiger partial charge on any atom is -0.497 e. The highest BCUT2D eigenvalue weighted by molar-refractivity contribution is 7.92. The molecule has 2 aliphatic rings. The number of piperidine rings is 1. The van der Waals surface area contributed by atoms with Gasteiger partial charge in [0.25, 0.3) is 10.0 Å². The standard InChI is InChI=1S/C24H30N2O6S/c1-24(2)23(28)22(26-14-6-5-7-21(26)27)19-15-18(12-13-20(19)32-24)33(29,30)25(3)16-8-10-17(31-4)11-9-16/h8-13,15,22-23,28H,5-7,14H2,1-4H3/t22-,23+/m1/s1. The Bertz CT molecular complexity index is 1150. The fraction of sp³-hybridized carbons (Fsp3) is 0.458. The van der Waals surface area contributed by atoms with E-state index < -0.39 is 27.8 Å². The fourth-order valence-electron chi connectivity index (χ4n) is 4.45. The number of aliphatic hydroxyl groups excluding tert-OH is 1. The van der Waals surface area contributed by atoms with Crippen molar-refractivity contribution >= 4 is 21.6 Å². The highest BCUT2D eigenvalue weighted by Crippen LogP contribution is 2.45. The summed E-state index contributed by atoms with van der Waals surface area (Å²) >= 11 is 0. The Hall–Kier alpha value is -2.78. The molecule has 1 saturated heterocycles. The van der Waals surface area contributed by atoms with Crippen LogP contribution in [0, 0.1) is 0 Å². The molecule has 1 amide bonds. The number of fused-ring (bicyclic) bond motifs is 1. The van der Waals surface area contributed by atoms with E-state index in [1.807, 2.05) is 0 Å². The van der Waals surface area contributed by atoms with Crippen LogP contribution in [0.5, 0.6) is 11.5 Å². The van der Waals surface area contributed by atoms with Gasteiger partial charge in [0, 0.05) is 25.6 Å². The number of aliphatic hydroxyl groups is 1. The van der Waals surface area contributed by atoms with Crippen LogP contribution in [0.2, 0.25) is 0 Å². The lowest BCUT2D eigenvalue weighted by atomic mass is 9.84. The summed E-state index contributed by atoms with van der Waals surface area (Å²) < 4.78 is 39.2. The molecule has 9 heteroatoms. The largest absolute Gasteiger partial charge is 0.497 e. The van der Waals surface area contributed by atoms with Gasteiger partial charge in [-0.1, -0.05) is 0 Å². The molecule has 0 bridgehead atoms. The van der Waals surface area contributed by atoms with Gasteiger partial charge in [0.15, 0.2) is 0 Å². The number of sulfonamides is 1. The first-order valence-electron chi connectivity index (χ1n) is 11.0. The van der Waals surface area contributed by atoms with E-state index >= 15 is 0 Å². The molecule has 2 aromatic carbocycles. The zero-order chi connectivity index (χ0) is 24.0. The SMILES string of the molecule is COc1ccc(N(C)S(=O)(=O)c2ccc3c(c2)[C@@H](N2CCCCC2=O)[C@H](O)C(C)(C)O3)cc1. The first-order valence-corrected chi connectivity index (χ1v) is 12.4. The number of nitrogens with zero attached hydrogens (tertiary/aromatic N) is 2. The average molecular weight is 475 g/mol. The van der Waals surface area contributed by atoms with Crippen molar-refractivity contribution in [2.24, 2.45) is 0 Å². The van der Waals surface area contributed by atoms with Gasteiger partial charge >= 0.3 is 0 Å². The van der Waals surface area contributed by atoms with Gasteiger partial charge in [-0.25, -0.2) is 8.42 Å². The van der Waals surface area contributed by atoms with Gasteiger partial charge in [-0.3, -0.25) is 9.10 Å². The number of methoxy groups -OCH3 is 1. The summed E-state index contributed by atoms with van der Waals surface area (Å²) in [6.07, 6.45) is 1.05. The molecule has 0 aromatic heterocycles. The molecule has 1 N–H and O–H groups in total. The van der Waals surface area contributed by atoms with Gasteiger partial charge in [0.2, 0.25) is 5.91 Å². The lowest BCUT2D eigenvalue weighted by molar-refractivity contribution is -0.147. The van der Waals surface area contributed by atoms with E-state index in [0.717, 1.165) is 12.8 Å². The maximum absolute atomic E-state index is 13.4. The molecule has 8 nitrogen and oxygen atoms in total. The number of hydrogen-bond acceptors (Lipinski definition) is 6. The summed E-state index contributed by atoms with van der Waals surface area (Å²) in [5.74, 6) is 1.05. The smallest absolute Gasteiger partial charge is 0.264 e. The van der Waals surface area contributed by atoms with E-state index in [-0.39, 0.29) is 10.8 Å². The predicted octanol–water partition coefficient (Wildman–Crippen LogP) is 3.11. The number of likely N-dealkylation sites (tertiary alicyclic amines) is 1. The summed E-state index contributed by atoms with van der Waals surface area (Å²) in [5, 5.41) is 11.2. The van der Waals surface area contributed by atoms with Crippen molar-refractivity contribution < 1.29 is 27.8 Å². The van der Waals surface area contributed by atoms with Crippen LogP contribution in [0.15, 0.2) is 47.4 Å². The van der Waals surface area contributed by atoms with Crippen molar-refractivity contribution in [1.29, 1.82) is 0 Å². The van der Waals surface area contributed by atoms with E-state index in [4.69, 9.17) is 9.47 Å². The molecule has 0 saturated carbocycles. The third-order valence-electron chi connectivity index (χ3n) is 6.47. The molecular weight excluding hydrogens is 444 g/mol. The van der Waals surface area contributed by atoms with Gasteiger partial charge in [0.1, 0.15) is 23.2 Å². The van der Waals surface area contributed by atoms with Crippen molar-refractivity contribution in [3.05, 3.63) is 48.0 Å². The first-order chi connectivity index (χ1) is 15.6. The number of benzene rings is 2. The van der Waals surface area contributed by atoms with Crippen LogP contribution in [-0.4, -0.2) is 56.7 Å². The van der Waals surface area contributed by atoms with Crippen LogP contribution in [0.1, 0.15) is 44.7 Å². The molecule has 0 aliphatic carbocycles. The Labute approximate surface area is 194 Å². The molecule has 0 spiro atoms. The minimum absolute atomic E-state index is 0.0439. The molecule has 178 valence electrons. The zero-order valence-electron chi connectivity index (χ0n) is 19.3. The summed E-state index contributed by atoms with van der Waals surface area (Å²) in [4.78, 5) is 14.5. The summed E-state index contributed by atoms with van der Waals surface area (Å²) in [6.45, 7) is 4.05. The zero-order valence-corrected chi connectivity index (χ0v) is 20.1. The van der Waals surface area contributed by atoms with E-state index in [9.17, 15) is 18.3 Å². The van der Waals surface area contributed by atoms with Crippen molar-refractivity contribution in [1.82, 2.24) is 4.90 Å². The van der Waals surface area contributed by atoms with Crippen LogP contribution >= 0.6 is 0 Å². The third kappa shape index (κ3) is 4.15. The van der Waals surface area contributed by atoms with Crippen LogP contribution in [0.4, 0.5) is 5.69 Å². The lowest BCUT2D eigenvalue weighted by Gasteiger charge is -2.47. The van der Waals surface area contributed by atoms with Crippen molar-refractivity contribution in [2.75, 3.05) is 25.0 Å². The topological polar surface area (TPSA) is 96.4 Å². The van der Waals surface area contributed by atoms with E-state index in [2.05, 4.69) is 0 Å². The van der Waals surface area contributed by atoms with Gasteiger partial charge in [-0.05, 0) is 69.2 Å². The molecule has 2 heterocycles. The summed E-state index contributed by atoms with van der Waals surface area (Å²) in [7, 11) is -0.879. The molecule has 4 rings (SSSR count). The highest BCUT2D eigenvalue weighted by Gasteiger charge is 2.47. The van der Waals surface area contributed by atoms with Crippen LogP contribution in [0.3, 0.4) is 0 Å². The second-order valence-corrected chi connectivity index (χ2v) is 11.0. The predicted molar refractivity (Wildman–Crippen MR) is 124 cm³/mol. The number of amides is 1. The number of rotatable bonds is 5. The highest BCUT2D eigenvalue weighted by atomic mass is 32.2. The molecule has 0 unspecified atom stereocenters. The lowest BCUT2D eigenvalue weighted by Crippen LogP contribution is -2.55. The molecule has 33 heavy (non-hydrogen) atoms. The molecule has 2 atom stereocenters. The third-order valence-corrected chi connectivity index (χ3v) is 8.26. The van der Waals surface area contributed by atoms with Crippen molar-refractivity contribution in [3.8, 4) is 11.5 Å². The maximum atomic E-state index is 13.4. The van der Waals surface area contributed by atoms with Crippen molar-refractivity contribution in [2.45, 2.75) is 55.8 Å². The molecule has 1 fully saturated rings. The Balaban J connectivity index is 1.76. The maximum Gasteiger partial charge on any atom is 0.264 e. The Kier molecular flexibility index (Phi) is 6.05. The van der Waals surface area contributed by atoms with E-state index in [1.54, 1.807) is 56.2 Å². The molecule has 0 radical (unpaired) electrons.